The van der Waals surface area contributed by atoms with Crippen LogP contribution in [0.25, 0.3) is 16.9 Å². The summed E-state index contributed by atoms with van der Waals surface area (Å²) in [6, 6.07) is 15.5. The van der Waals surface area contributed by atoms with Crippen LogP contribution in [0.1, 0.15) is 59.8 Å². The molecular weight excluding hydrogens is 566 g/mol. The highest BCUT2D eigenvalue weighted by molar-refractivity contribution is 6.30. The number of H-pyrrole nitrogens is 1. The van der Waals surface area contributed by atoms with Crippen molar-refractivity contribution in [1.29, 1.82) is 0 Å². The Morgan fingerprint density at radius 2 is 1.95 bits per heavy atom. The summed E-state index contributed by atoms with van der Waals surface area (Å²) in [7, 11) is 0. The standard InChI is InChI=1S/C32H32ClN7O3/c1-19(2)29-30(32(41)36-24-4-3-5-26(13-24)43-25-8-10-42-11-9-25)38-40-27(22-15-34-35-16-22)14-28(37-31(29)40)39-17-20-6-7-23(33)12-21(20)18-39/h3-7,12-16,19,25H,8-11,17-18H2,1-2H3,(H,34,35)(H,36,41). The molecule has 5 heterocycles. The molecular formula is C32H32ClN7O3. The minimum Gasteiger partial charge on any atom is -0.490 e. The molecule has 7 rings (SSSR count). The zero-order valence-electron chi connectivity index (χ0n) is 24.0. The molecule has 10 nitrogen and oxygen atoms in total. The van der Waals surface area contributed by atoms with Gasteiger partial charge in [0.1, 0.15) is 17.7 Å². The maximum Gasteiger partial charge on any atom is 0.276 e. The highest BCUT2D eigenvalue weighted by atomic mass is 35.5. The number of rotatable bonds is 7. The molecule has 2 aromatic carbocycles. The van der Waals surface area contributed by atoms with E-state index in [-0.39, 0.29) is 17.9 Å². The van der Waals surface area contributed by atoms with Gasteiger partial charge in [-0.1, -0.05) is 37.6 Å². The van der Waals surface area contributed by atoms with Gasteiger partial charge in [0.25, 0.3) is 5.91 Å². The molecule has 0 bridgehead atoms. The number of benzene rings is 2. The van der Waals surface area contributed by atoms with Gasteiger partial charge in [0, 0.05) is 66.1 Å². The number of nitrogens with zero attached hydrogens (tertiary/aromatic N) is 5. The number of amides is 1. The Bertz CT molecular complexity index is 1790. The fourth-order valence-corrected chi connectivity index (χ4v) is 6.02. The van der Waals surface area contributed by atoms with Gasteiger partial charge in [-0.15, -0.1) is 0 Å². The number of aromatic nitrogens is 5. The SMILES string of the molecule is CC(C)c1c(C(=O)Nc2cccc(OC3CCOCC3)c2)nn2c(-c3cn[nH]c3)cc(N3Cc4ccc(Cl)cc4C3)nc12. The van der Waals surface area contributed by atoms with Crippen molar-refractivity contribution in [1.82, 2.24) is 24.8 Å². The topological polar surface area (TPSA) is 110 Å². The normalized spacial score (nSPS) is 15.3. The number of ether oxygens (including phenoxy) is 2. The Hall–Kier alpha value is -4.41. The van der Waals surface area contributed by atoms with Crippen molar-refractivity contribution in [3.05, 3.63) is 88.3 Å². The summed E-state index contributed by atoms with van der Waals surface area (Å²) < 4.78 is 13.4. The van der Waals surface area contributed by atoms with Crippen molar-refractivity contribution >= 4 is 34.7 Å². The van der Waals surface area contributed by atoms with Crippen LogP contribution in [0.3, 0.4) is 0 Å². The summed E-state index contributed by atoms with van der Waals surface area (Å²) in [4.78, 5) is 21.1. The van der Waals surface area contributed by atoms with Crippen LogP contribution >= 0.6 is 11.6 Å². The van der Waals surface area contributed by atoms with Gasteiger partial charge < -0.3 is 19.7 Å². The fraction of sp³-hybridized carbons (Fsp3) is 0.312. The van der Waals surface area contributed by atoms with Gasteiger partial charge in [0.2, 0.25) is 0 Å². The second-order valence-electron chi connectivity index (χ2n) is 11.3. The average molecular weight is 598 g/mol. The van der Waals surface area contributed by atoms with Crippen LogP contribution in [0, 0.1) is 0 Å². The van der Waals surface area contributed by atoms with Gasteiger partial charge in [-0.05, 0) is 41.3 Å². The predicted molar refractivity (Wildman–Crippen MR) is 165 cm³/mol. The number of hydrogen-bond donors (Lipinski definition) is 2. The van der Waals surface area contributed by atoms with E-state index in [2.05, 4.69) is 40.3 Å². The first-order valence-corrected chi connectivity index (χ1v) is 14.9. The lowest BCUT2D eigenvalue weighted by Gasteiger charge is -2.23. The molecule has 1 amide bonds. The summed E-state index contributed by atoms with van der Waals surface area (Å²) >= 11 is 6.28. The second-order valence-corrected chi connectivity index (χ2v) is 11.8. The van der Waals surface area contributed by atoms with E-state index in [4.69, 9.17) is 31.2 Å². The van der Waals surface area contributed by atoms with Crippen LogP contribution in [-0.4, -0.2) is 50.0 Å². The first kappa shape index (κ1) is 27.4. The average Bonchev–Trinajstić information content (AvgIpc) is 3.76. The molecule has 220 valence electrons. The first-order chi connectivity index (χ1) is 20.9. The van der Waals surface area contributed by atoms with E-state index in [0.717, 1.165) is 40.5 Å². The van der Waals surface area contributed by atoms with Crippen molar-refractivity contribution in [2.24, 2.45) is 0 Å². The number of hydrogen-bond acceptors (Lipinski definition) is 7. The zero-order chi connectivity index (χ0) is 29.5. The molecule has 3 aromatic heterocycles. The lowest BCUT2D eigenvalue weighted by atomic mass is 10.0. The Kier molecular flexibility index (Phi) is 7.24. The lowest BCUT2D eigenvalue weighted by molar-refractivity contribution is 0.0256. The van der Waals surface area contributed by atoms with Crippen molar-refractivity contribution in [2.75, 3.05) is 23.4 Å². The van der Waals surface area contributed by atoms with E-state index in [1.54, 1.807) is 10.7 Å². The van der Waals surface area contributed by atoms with E-state index in [0.29, 0.717) is 49.1 Å². The van der Waals surface area contributed by atoms with Gasteiger partial charge >= 0.3 is 0 Å². The minimum atomic E-state index is -0.305. The molecule has 0 atom stereocenters. The number of aromatic amines is 1. The van der Waals surface area contributed by atoms with Gasteiger partial charge in [-0.2, -0.15) is 10.2 Å². The molecule has 1 fully saturated rings. The van der Waals surface area contributed by atoms with Crippen molar-refractivity contribution in [3.63, 3.8) is 0 Å². The summed E-state index contributed by atoms with van der Waals surface area (Å²) in [6.45, 7) is 6.90. The van der Waals surface area contributed by atoms with Crippen LogP contribution in [0.4, 0.5) is 11.5 Å². The zero-order valence-corrected chi connectivity index (χ0v) is 24.8. The number of halogens is 1. The third kappa shape index (κ3) is 5.44. The van der Waals surface area contributed by atoms with Crippen LogP contribution in [0.15, 0.2) is 60.9 Å². The number of carbonyl (C=O) groups is 1. The van der Waals surface area contributed by atoms with Crippen molar-refractivity contribution < 1.29 is 14.3 Å². The first-order valence-electron chi connectivity index (χ1n) is 14.5. The van der Waals surface area contributed by atoms with E-state index < -0.39 is 0 Å². The van der Waals surface area contributed by atoms with Gasteiger partial charge in [0.05, 0.1) is 25.1 Å². The lowest BCUT2D eigenvalue weighted by Crippen LogP contribution is -2.25. The molecule has 2 aliphatic rings. The van der Waals surface area contributed by atoms with Crippen LogP contribution in [-0.2, 0) is 17.8 Å². The Balaban J connectivity index is 1.25. The van der Waals surface area contributed by atoms with E-state index in [9.17, 15) is 4.79 Å². The van der Waals surface area contributed by atoms with Crippen LogP contribution in [0.5, 0.6) is 5.75 Å². The van der Waals surface area contributed by atoms with Gasteiger partial charge in [-0.3, -0.25) is 9.89 Å². The maximum atomic E-state index is 13.8. The molecule has 0 aliphatic carbocycles. The van der Waals surface area contributed by atoms with Gasteiger partial charge in [0.15, 0.2) is 11.3 Å². The second kappa shape index (κ2) is 11.3. The molecule has 2 N–H and O–H groups in total. The molecule has 11 heteroatoms. The van der Waals surface area contributed by atoms with Gasteiger partial charge in [-0.25, -0.2) is 9.50 Å². The maximum absolute atomic E-state index is 13.8. The Labute approximate surface area is 254 Å². The third-order valence-electron chi connectivity index (χ3n) is 7.98. The molecule has 0 unspecified atom stereocenters. The van der Waals surface area contributed by atoms with Crippen LogP contribution in [0.2, 0.25) is 5.02 Å². The fourth-order valence-electron chi connectivity index (χ4n) is 5.83. The van der Waals surface area contributed by atoms with E-state index in [1.807, 2.05) is 48.7 Å². The van der Waals surface area contributed by atoms with E-state index >= 15 is 0 Å². The predicted octanol–water partition coefficient (Wildman–Crippen LogP) is 6.23. The number of carbonyl (C=O) groups excluding carboxylic acids is 1. The highest BCUT2D eigenvalue weighted by Gasteiger charge is 2.28. The van der Waals surface area contributed by atoms with Crippen LogP contribution < -0.4 is 15.0 Å². The monoisotopic (exact) mass is 597 g/mol. The number of anilines is 2. The minimum absolute atomic E-state index is 0.0176. The van der Waals surface area contributed by atoms with Crippen molar-refractivity contribution in [3.8, 4) is 17.0 Å². The van der Waals surface area contributed by atoms with E-state index in [1.165, 1.54) is 11.1 Å². The molecule has 2 aliphatic heterocycles. The molecule has 1 saturated heterocycles. The summed E-state index contributed by atoms with van der Waals surface area (Å²) in [5.74, 6) is 1.18. The third-order valence-corrected chi connectivity index (χ3v) is 8.21. The Morgan fingerprint density at radius 1 is 1.12 bits per heavy atom. The summed E-state index contributed by atoms with van der Waals surface area (Å²) in [5, 5.41) is 15.7. The van der Waals surface area contributed by atoms with Crippen molar-refractivity contribution in [2.45, 2.75) is 51.8 Å². The number of nitrogens with one attached hydrogen (secondary N) is 2. The molecule has 0 saturated carbocycles. The molecule has 0 spiro atoms. The molecule has 0 radical (unpaired) electrons. The molecule has 43 heavy (non-hydrogen) atoms. The summed E-state index contributed by atoms with van der Waals surface area (Å²) in [5.41, 5.74) is 6.41. The molecule has 5 aromatic rings. The summed E-state index contributed by atoms with van der Waals surface area (Å²) in [6.07, 6.45) is 5.36. The smallest absolute Gasteiger partial charge is 0.276 e. The largest absolute Gasteiger partial charge is 0.490 e. The Morgan fingerprint density at radius 3 is 2.74 bits per heavy atom. The number of fused-ring (bicyclic) bond motifs is 2. The quantitative estimate of drug-likeness (QED) is 0.229. The highest BCUT2D eigenvalue weighted by Crippen LogP contribution is 2.35.